The summed E-state index contributed by atoms with van der Waals surface area (Å²) in [5.41, 5.74) is 4.19. The molecule has 0 aliphatic heterocycles. The van der Waals surface area contributed by atoms with E-state index in [4.69, 9.17) is 0 Å². The standard InChI is InChI=1S/C20H23N7O/c1-13(2)27-11-15(10-22-27)9-21-20(28)18-8-16(24-25-18)12-26-14(3)23-17-6-4-5-7-19(17)26/h4-8,10-11,13H,9,12H2,1-3H3,(H,21,28)(H,24,25). The summed E-state index contributed by atoms with van der Waals surface area (Å²) in [6, 6.07) is 10.1. The van der Waals surface area contributed by atoms with E-state index in [9.17, 15) is 4.79 Å². The van der Waals surface area contributed by atoms with Gasteiger partial charge in [0, 0.05) is 24.3 Å². The molecule has 0 atom stereocenters. The summed E-state index contributed by atoms with van der Waals surface area (Å²) >= 11 is 0. The van der Waals surface area contributed by atoms with Crippen LogP contribution in [0.2, 0.25) is 0 Å². The van der Waals surface area contributed by atoms with Gasteiger partial charge in [-0.15, -0.1) is 0 Å². The molecule has 144 valence electrons. The average molecular weight is 377 g/mol. The van der Waals surface area contributed by atoms with Crippen LogP contribution < -0.4 is 5.32 Å². The third-order valence-electron chi connectivity index (χ3n) is 4.67. The first-order chi connectivity index (χ1) is 13.5. The molecular weight excluding hydrogens is 354 g/mol. The van der Waals surface area contributed by atoms with Gasteiger partial charge < -0.3 is 9.88 Å². The van der Waals surface area contributed by atoms with E-state index in [0.717, 1.165) is 28.1 Å². The molecule has 1 amide bonds. The first kappa shape index (κ1) is 18.0. The van der Waals surface area contributed by atoms with E-state index in [1.807, 2.05) is 42.1 Å². The number of amides is 1. The zero-order valence-corrected chi connectivity index (χ0v) is 16.2. The lowest BCUT2D eigenvalue weighted by Gasteiger charge is -2.04. The fourth-order valence-electron chi connectivity index (χ4n) is 3.15. The highest BCUT2D eigenvalue weighted by molar-refractivity contribution is 5.92. The van der Waals surface area contributed by atoms with E-state index in [-0.39, 0.29) is 5.91 Å². The number of hydrogen-bond acceptors (Lipinski definition) is 4. The number of rotatable bonds is 6. The topological polar surface area (TPSA) is 93.4 Å². The highest BCUT2D eigenvalue weighted by Gasteiger charge is 2.13. The lowest BCUT2D eigenvalue weighted by atomic mass is 10.3. The molecule has 0 aliphatic carbocycles. The zero-order valence-electron chi connectivity index (χ0n) is 16.2. The minimum absolute atomic E-state index is 0.216. The van der Waals surface area contributed by atoms with Gasteiger partial charge >= 0.3 is 0 Å². The number of aromatic amines is 1. The Balaban J connectivity index is 1.43. The van der Waals surface area contributed by atoms with E-state index in [2.05, 4.69) is 44.0 Å². The summed E-state index contributed by atoms with van der Waals surface area (Å²) in [7, 11) is 0. The molecule has 1 aromatic carbocycles. The van der Waals surface area contributed by atoms with Gasteiger partial charge in [-0.05, 0) is 39.0 Å². The minimum atomic E-state index is -0.216. The number of para-hydroxylation sites is 2. The summed E-state index contributed by atoms with van der Waals surface area (Å²) < 4.78 is 3.97. The number of fused-ring (bicyclic) bond motifs is 1. The molecule has 2 N–H and O–H groups in total. The number of hydrogen-bond donors (Lipinski definition) is 2. The Morgan fingerprint density at radius 2 is 2.11 bits per heavy atom. The highest BCUT2D eigenvalue weighted by atomic mass is 16.1. The third-order valence-corrected chi connectivity index (χ3v) is 4.67. The van der Waals surface area contributed by atoms with Gasteiger partial charge in [-0.2, -0.15) is 10.2 Å². The Hall–Kier alpha value is -3.42. The van der Waals surface area contributed by atoms with Gasteiger partial charge in [0.2, 0.25) is 0 Å². The quantitative estimate of drug-likeness (QED) is 0.540. The smallest absolute Gasteiger partial charge is 0.272 e. The second-order valence-electron chi connectivity index (χ2n) is 7.12. The average Bonchev–Trinajstić information content (AvgIpc) is 3.40. The van der Waals surface area contributed by atoms with Crippen LogP contribution in [-0.2, 0) is 13.1 Å². The van der Waals surface area contributed by atoms with Crippen molar-refractivity contribution in [3.8, 4) is 0 Å². The number of nitrogens with one attached hydrogen (secondary N) is 2. The minimum Gasteiger partial charge on any atom is -0.346 e. The number of nitrogens with zero attached hydrogens (tertiary/aromatic N) is 5. The van der Waals surface area contributed by atoms with Crippen molar-refractivity contribution in [2.75, 3.05) is 0 Å². The van der Waals surface area contributed by atoms with E-state index >= 15 is 0 Å². The van der Waals surface area contributed by atoms with Crippen LogP contribution in [-0.4, -0.2) is 35.4 Å². The van der Waals surface area contributed by atoms with Crippen LogP contribution in [0.15, 0.2) is 42.7 Å². The van der Waals surface area contributed by atoms with Crippen LogP contribution >= 0.6 is 0 Å². The Kier molecular flexibility index (Phi) is 4.68. The first-order valence-electron chi connectivity index (χ1n) is 9.28. The van der Waals surface area contributed by atoms with Crippen LogP contribution in [0.4, 0.5) is 0 Å². The van der Waals surface area contributed by atoms with Crippen molar-refractivity contribution < 1.29 is 4.79 Å². The van der Waals surface area contributed by atoms with Gasteiger partial charge in [0.1, 0.15) is 11.5 Å². The van der Waals surface area contributed by atoms with E-state index in [1.54, 1.807) is 12.3 Å². The molecule has 8 nitrogen and oxygen atoms in total. The van der Waals surface area contributed by atoms with Crippen LogP contribution in [0.3, 0.4) is 0 Å². The lowest BCUT2D eigenvalue weighted by molar-refractivity contribution is 0.0946. The van der Waals surface area contributed by atoms with Crippen molar-refractivity contribution in [3.63, 3.8) is 0 Å². The number of aromatic nitrogens is 6. The molecule has 0 aliphatic rings. The van der Waals surface area contributed by atoms with Gasteiger partial charge in [-0.3, -0.25) is 14.6 Å². The van der Waals surface area contributed by atoms with E-state index in [0.29, 0.717) is 24.8 Å². The lowest BCUT2D eigenvalue weighted by Crippen LogP contribution is -2.23. The van der Waals surface area contributed by atoms with Crippen molar-refractivity contribution in [2.45, 2.75) is 39.9 Å². The van der Waals surface area contributed by atoms with E-state index < -0.39 is 0 Å². The van der Waals surface area contributed by atoms with Gasteiger partial charge in [0.05, 0.1) is 29.5 Å². The summed E-state index contributed by atoms with van der Waals surface area (Å²) in [5.74, 6) is 0.705. The van der Waals surface area contributed by atoms with Crippen molar-refractivity contribution >= 4 is 16.9 Å². The van der Waals surface area contributed by atoms with Gasteiger partial charge in [-0.25, -0.2) is 4.98 Å². The molecule has 4 rings (SSSR count). The van der Waals surface area contributed by atoms with Crippen LogP contribution in [0.25, 0.3) is 11.0 Å². The van der Waals surface area contributed by atoms with Crippen molar-refractivity contribution in [1.29, 1.82) is 0 Å². The molecule has 3 aromatic heterocycles. The maximum absolute atomic E-state index is 12.4. The molecule has 3 heterocycles. The van der Waals surface area contributed by atoms with Gasteiger partial charge in [0.15, 0.2) is 0 Å². The Labute approximate surface area is 162 Å². The van der Waals surface area contributed by atoms with Crippen molar-refractivity contribution in [2.24, 2.45) is 0 Å². The van der Waals surface area contributed by atoms with Crippen molar-refractivity contribution in [1.82, 2.24) is 34.8 Å². The van der Waals surface area contributed by atoms with Gasteiger partial charge in [0.25, 0.3) is 5.91 Å². The molecule has 0 spiro atoms. The zero-order chi connectivity index (χ0) is 19.7. The fraction of sp³-hybridized carbons (Fsp3) is 0.300. The Bertz CT molecular complexity index is 1120. The predicted molar refractivity (Wildman–Crippen MR) is 106 cm³/mol. The molecule has 0 fully saturated rings. The molecule has 0 saturated heterocycles. The molecule has 4 aromatic rings. The molecule has 0 bridgehead atoms. The monoisotopic (exact) mass is 377 g/mol. The summed E-state index contributed by atoms with van der Waals surface area (Å²) in [4.78, 5) is 17.0. The second kappa shape index (κ2) is 7.30. The van der Waals surface area contributed by atoms with E-state index in [1.165, 1.54) is 0 Å². The van der Waals surface area contributed by atoms with Crippen LogP contribution in [0.1, 0.15) is 47.5 Å². The number of carbonyl (C=O) groups excluding carboxylic acids is 1. The highest BCUT2D eigenvalue weighted by Crippen LogP contribution is 2.17. The number of benzene rings is 1. The first-order valence-corrected chi connectivity index (χ1v) is 9.28. The fourth-order valence-corrected chi connectivity index (χ4v) is 3.15. The van der Waals surface area contributed by atoms with Gasteiger partial charge in [-0.1, -0.05) is 12.1 Å². The Morgan fingerprint density at radius 1 is 1.29 bits per heavy atom. The predicted octanol–water partition coefficient (Wildman–Crippen LogP) is 2.82. The summed E-state index contributed by atoms with van der Waals surface area (Å²) in [6.45, 7) is 7.09. The molecule has 8 heteroatoms. The maximum Gasteiger partial charge on any atom is 0.272 e. The Morgan fingerprint density at radius 3 is 2.89 bits per heavy atom. The van der Waals surface area contributed by atoms with Crippen LogP contribution in [0, 0.1) is 6.92 Å². The van der Waals surface area contributed by atoms with Crippen LogP contribution in [0.5, 0.6) is 0 Å². The molecule has 0 saturated carbocycles. The SMILES string of the molecule is Cc1nc2ccccc2n1Cc1cc(C(=O)NCc2cnn(C(C)C)c2)n[nH]1. The summed E-state index contributed by atoms with van der Waals surface area (Å²) in [6.07, 6.45) is 3.71. The number of H-pyrrole nitrogens is 1. The third kappa shape index (κ3) is 3.53. The molecular formula is C20H23N7O. The number of imidazole rings is 1. The normalized spacial score (nSPS) is 11.4. The second-order valence-corrected chi connectivity index (χ2v) is 7.12. The molecule has 0 unspecified atom stereocenters. The summed E-state index contributed by atoms with van der Waals surface area (Å²) in [5, 5.41) is 14.3. The number of aryl methyl sites for hydroxylation is 1. The molecule has 0 radical (unpaired) electrons. The molecule has 28 heavy (non-hydrogen) atoms. The largest absolute Gasteiger partial charge is 0.346 e. The van der Waals surface area contributed by atoms with Crippen molar-refractivity contribution in [3.05, 3.63) is 65.5 Å². The maximum atomic E-state index is 12.4. The number of carbonyl (C=O) groups is 1.